The highest BCUT2D eigenvalue weighted by Crippen LogP contribution is 2.35. The summed E-state index contributed by atoms with van der Waals surface area (Å²) in [5.41, 5.74) is 5.29. The van der Waals surface area contributed by atoms with E-state index in [-0.39, 0.29) is 0 Å². The topological polar surface area (TPSA) is 50.3 Å². The van der Waals surface area contributed by atoms with E-state index in [0.717, 1.165) is 25.9 Å². The number of hydrogen-bond acceptors (Lipinski definition) is 4. The van der Waals surface area contributed by atoms with Gasteiger partial charge in [0.2, 0.25) is 0 Å². The van der Waals surface area contributed by atoms with Crippen LogP contribution in [0.25, 0.3) is 0 Å². The molecule has 0 aliphatic carbocycles. The molecule has 1 aromatic carbocycles. The van der Waals surface area contributed by atoms with Crippen molar-refractivity contribution in [1.82, 2.24) is 9.91 Å². The highest BCUT2D eigenvalue weighted by Gasteiger charge is 2.33. The molecule has 0 saturated carbocycles. The molecule has 0 spiro atoms. The lowest BCUT2D eigenvalue weighted by Gasteiger charge is -2.36. The van der Waals surface area contributed by atoms with Crippen LogP contribution in [0.3, 0.4) is 0 Å². The van der Waals surface area contributed by atoms with Gasteiger partial charge in [-0.05, 0) is 61.4 Å². The number of rotatable bonds is 4. The third kappa shape index (κ3) is 4.31. The Morgan fingerprint density at radius 2 is 1.62 bits per heavy atom. The minimum Gasteiger partial charge on any atom is -0.465 e. The van der Waals surface area contributed by atoms with Crippen molar-refractivity contribution in [2.24, 2.45) is 5.92 Å². The highest BCUT2D eigenvalue weighted by molar-refractivity contribution is 5.65. The van der Waals surface area contributed by atoms with Crippen molar-refractivity contribution in [2.45, 2.75) is 46.0 Å². The van der Waals surface area contributed by atoms with Crippen LogP contribution in [0.1, 0.15) is 46.0 Å². The van der Waals surface area contributed by atoms with Gasteiger partial charge >= 0.3 is 6.09 Å². The van der Waals surface area contributed by atoms with Crippen LogP contribution in [0.5, 0.6) is 0 Å². The van der Waals surface area contributed by atoms with Crippen LogP contribution < -0.4 is 9.91 Å². The smallest absolute Gasteiger partial charge is 0.407 e. The zero-order chi connectivity index (χ0) is 20.4. The molecule has 0 aromatic heterocycles. The van der Waals surface area contributed by atoms with Gasteiger partial charge in [-0.25, -0.2) is 4.79 Å². The Labute approximate surface area is 174 Å². The van der Waals surface area contributed by atoms with Crippen LogP contribution in [0.2, 0.25) is 0 Å². The normalized spacial score (nSPS) is 20.4. The second-order valence-corrected chi connectivity index (χ2v) is 8.92. The molecule has 1 aromatic rings. The Balaban J connectivity index is 1.52. The number of anilines is 2. The van der Waals surface area contributed by atoms with Crippen LogP contribution in [0, 0.1) is 5.92 Å². The minimum absolute atomic E-state index is 0.538. The molecule has 4 rings (SSSR count). The van der Waals surface area contributed by atoms with Gasteiger partial charge in [0, 0.05) is 50.5 Å². The molecule has 0 atom stereocenters. The molecular weight excluding hydrogens is 364 g/mol. The van der Waals surface area contributed by atoms with Gasteiger partial charge < -0.3 is 14.9 Å². The van der Waals surface area contributed by atoms with E-state index in [2.05, 4.69) is 53.0 Å². The molecule has 29 heavy (non-hydrogen) atoms. The molecule has 3 heterocycles. The van der Waals surface area contributed by atoms with Gasteiger partial charge in [-0.15, -0.1) is 0 Å². The number of carboxylic acid groups (broad SMARTS) is 1. The van der Waals surface area contributed by atoms with E-state index < -0.39 is 6.09 Å². The molecule has 1 saturated heterocycles. The van der Waals surface area contributed by atoms with Crippen LogP contribution in [0.4, 0.5) is 16.2 Å². The summed E-state index contributed by atoms with van der Waals surface area (Å²) in [6.45, 7) is 9.85. The predicted molar refractivity (Wildman–Crippen MR) is 117 cm³/mol. The quantitative estimate of drug-likeness (QED) is 0.815. The van der Waals surface area contributed by atoms with Crippen molar-refractivity contribution >= 4 is 17.5 Å². The molecular formula is C23H34N4O2. The zero-order valence-corrected chi connectivity index (χ0v) is 17.8. The van der Waals surface area contributed by atoms with Crippen LogP contribution in [0.15, 0.2) is 35.5 Å². The van der Waals surface area contributed by atoms with Crippen molar-refractivity contribution in [1.29, 1.82) is 0 Å². The molecule has 6 nitrogen and oxygen atoms in total. The van der Waals surface area contributed by atoms with Crippen molar-refractivity contribution in [3.63, 3.8) is 0 Å². The number of hydrogen-bond donors (Lipinski definition) is 1. The van der Waals surface area contributed by atoms with Crippen LogP contribution >= 0.6 is 0 Å². The van der Waals surface area contributed by atoms with Gasteiger partial charge in [-0.1, -0.05) is 13.8 Å². The Kier molecular flexibility index (Phi) is 5.88. The maximum Gasteiger partial charge on any atom is 0.407 e. The SMILES string of the molecule is CC(C)CN1C2=C(CCN(C(=O)O)CC2)CN1c1ccc(N2CCCCC2)cc1. The minimum atomic E-state index is -0.799. The molecule has 1 N–H and O–H groups in total. The first-order chi connectivity index (χ1) is 14.0. The number of hydrazine groups is 1. The van der Waals surface area contributed by atoms with Crippen LogP contribution in [-0.4, -0.2) is 60.4 Å². The van der Waals surface area contributed by atoms with Gasteiger partial charge in [-0.3, -0.25) is 10.0 Å². The first-order valence-electron chi connectivity index (χ1n) is 11.1. The monoisotopic (exact) mass is 398 g/mol. The molecule has 3 aliphatic rings. The number of benzene rings is 1. The third-order valence-corrected chi connectivity index (χ3v) is 6.33. The van der Waals surface area contributed by atoms with E-state index in [0.29, 0.717) is 19.0 Å². The molecule has 1 amide bonds. The summed E-state index contributed by atoms with van der Waals surface area (Å²) in [6, 6.07) is 9.05. The van der Waals surface area contributed by atoms with Crippen molar-refractivity contribution in [3.8, 4) is 0 Å². The molecule has 6 heteroatoms. The summed E-state index contributed by atoms with van der Waals surface area (Å²) in [6.07, 6.45) is 4.77. The number of piperidine rings is 1. The maximum atomic E-state index is 11.4. The number of carbonyl (C=O) groups is 1. The van der Waals surface area contributed by atoms with Gasteiger partial charge in [0.1, 0.15) is 0 Å². The van der Waals surface area contributed by atoms with Crippen LogP contribution in [-0.2, 0) is 0 Å². The average Bonchev–Trinajstić information content (AvgIpc) is 2.91. The standard InChI is InChI=1S/C23H34N4O2/c1-18(2)16-27-22-11-15-25(23(28)29)14-10-19(22)17-26(27)21-8-6-20(7-9-21)24-12-4-3-5-13-24/h6-9,18H,3-5,10-17H2,1-2H3,(H,28,29). The lowest BCUT2D eigenvalue weighted by molar-refractivity contribution is 0.146. The molecule has 0 bridgehead atoms. The van der Waals surface area contributed by atoms with Gasteiger partial charge in [0.05, 0.1) is 12.2 Å². The Morgan fingerprint density at radius 1 is 0.966 bits per heavy atom. The van der Waals surface area contributed by atoms with Gasteiger partial charge in [0.25, 0.3) is 0 Å². The summed E-state index contributed by atoms with van der Waals surface area (Å²) in [4.78, 5) is 15.5. The predicted octanol–water partition coefficient (Wildman–Crippen LogP) is 4.40. The first-order valence-corrected chi connectivity index (χ1v) is 11.1. The summed E-state index contributed by atoms with van der Waals surface area (Å²) in [7, 11) is 0. The number of amides is 1. The van der Waals surface area contributed by atoms with E-state index in [1.54, 1.807) is 4.90 Å². The van der Waals surface area contributed by atoms with Crippen molar-refractivity contribution < 1.29 is 9.90 Å². The molecule has 158 valence electrons. The first kappa shape index (κ1) is 19.9. The van der Waals surface area contributed by atoms with Crippen molar-refractivity contribution in [2.75, 3.05) is 49.2 Å². The second-order valence-electron chi connectivity index (χ2n) is 8.92. The zero-order valence-electron chi connectivity index (χ0n) is 17.8. The summed E-state index contributed by atoms with van der Waals surface area (Å²) in [5.74, 6) is 0.538. The molecule has 0 unspecified atom stereocenters. The van der Waals surface area contributed by atoms with Gasteiger partial charge in [-0.2, -0.15) is 0 Å². The Hall–Kier alpha value is -2.37. The largest absolute Gasteiger partial charge is 0.465 e. The van der Waals surface area contributed by atoms with E-state index in [1.165, 1.54) is 55.0 Å². The molecule has 3 aliphatic heterocycles. The molecule has 0 radical (unpaired) electrons. The van der Waals surface area contributed by atoms with E-state index >= 15 is 0 Å². The van der Waals surface area contributed by atoms with Gasteiger partial charge in [0.15, 0.2) is 0 Å². The van der Waals surface area contributed by atoms with Crippen molar-refractivity contribution in [3.05, 3.63) is 35.5 Å². The fourth-order valence-corrected chi connectivity index (χ4v) is 4.80. The van der Waals surface area contributed by atoms with E-state index in [1.807, 2.05) is 0 Å². The maximum absolute atomic E-state index is 11.4. The summed E-state index contributed by atoms with van der Waals surface area (Å²) >= 11 is 0. The highest BCUT2D eigenvalue weighted by atomic mass is 16.4. The van der Waals surface area contributed by atoms with E-state index in [4.69, 9.17) is 0 Å². The third-order valence-electron chi connectivity index (χ3n) is 6.33. The average molecular weight is 399 g/mol. The Morgan fingerprint density at radius 3 is 2.28 bits per heavy atom. The lowest BCUT2D eigenvalue weighted by atomic mass is 10.1. The molecule has 1 fully saturated rings. The second kappa shape index (κ2) is 8.56. The Bertz CT molecular complexity index is 753. The van der Waals surface area contributed by atoms with E-state index in [9.17, 15) is 9.90 Å². The lowest BCUT2D eigenvalue weighted by Crippen LogP contribution is -2.41. The summed E-state index contributed by atoms with van der Waals surface area (Å²) < 4.78 is 0. The fourth-order valence-electron chi connectivity index (χ4n) is 4.80. The number of nitrogens with zero attached hydrogens (tertiary/aromatic N) is 4. The fraction of sp³-hybridized carbons (Fsp3) is 0.609. The summed E-state index contributed by atoms with van der Waals surface area (Å²) in [5, 5.41) is 14.2.